The van der Waals surface area contributed by atoms with Crippen LogP contribution in [0.2, 0.25) is 0 Å². The van der Waals surface area contributed by atoms with Gasteiger partial charge in [-0.25, -0.2) is 13.6 Å². The van der Waals surface area contributed by atoms with Crippen molar-refractivity contribution in [3.05, 3.63) is 35.4 Å². The van der Waals surface area contributed by atoms with E-state index in [1.807, 2.05) is 6.92 Å². The van der Waals surface area contributed by atoms with Crippen LogP contribution in [-0.2, 0) is 11.3 Å². The molecule has 0 radical (unpaired) electrons. The molecular weight excluding hydrogens is 252 g/mol. The average molecular weight is 269 g/mol. The fourth-order valence-electron chi connectivity index (χ4n) is 1.94. The molecule has 1 aliphatic rings. The summed E-state index contributed by atoms with van der Waals surface area (Å²) in [5.74, 6) is -0.646. The van der Waals surface area contributed by atoms with Crippen LogP contribution in [0.1, 0.15) is 31.7 Å². The molecule has 1 saturated carbocycles. The maximum atomic E-state index is 13.3. The zero-order chi connectivity index (χ0) is 13.8. The van der Waals surface area contributed by atoms with E-state index in [0.29, 0.717) is 5.92 Å². The molecule has 0 aromatic heterocycles. The minimum Gasteiger partial charge on any atom is -0.445 e. The minimum absolute atomic E-state index is 0.0538. The molecule has 0 spiro atoms. The van der Waals surface area contributed by atoms with Crippen molar-refractivity contribution >= 4 is 6.09 Å². The average Bonchev–Trinajstić information content (AvgIpc) is 3.11. The van der Waals surface area contributed by atoms with Gasteiger partial charge in [0.2, 0.25) is 0 Å². The minimum atomic E-state index is -0.709. The third kappa shape index (κ3) is 4.50. The van der Waals surface area contributed by atoms with E-state index in [0.717, 1.165) is 18.6 Å². The van der Waals surface area contributed by atoms with E-state index in [9.17, 15) is 13.6 Å². The largest absolute Gasteiger partial charge is 0.445 e. The predicted octanol–water partition coefficient (Wildman–Crippen LogP) is 3.38. The number of hydrogen-bond acceptors (Lipinski definition) is 2. The summed E-state index contributed by atoms with van der Waals surface area (Å²) in [4.78, 5) is 11.5. The van der Waals surface area contributed by atoms with Gasteiger partial charge in [-0.3, -0.25) is 0 Å². The van der Waals surface area contributed by atoms with Gasteiger partial charge in [0.25, 0.3) is 0 Å². The number of ether oxygens (including phenoxy) is 1. The fraction of sp³-hybridized carbons (Fsp3) is 0.500. The van der Waals surface area contributed by atoms with Crippen molar-refractivity contribution in [2.75, 3.05) is 0 Å². The highest BCUT2D eigenvalue weighted by molar-refractivity contribution is 5.67. The lowest BCUT2D eigenvalue weighted by atomic mass is 10.2. The molecule has 1 unspecified atom stereocenters. The topological polar surface area (TPSA) is 38.3 Å². The Kier molecular flexibility index (Phi) is 4.35. The second-order valence-electron chi connectivity index (χ2n) is 5.04. The third-order valence-corrected chi connectivity index (χ3v) is 3.12. The molecule has 0 saturated heterocycles. The Balaban J connectivity index is 1.75. The molecular formula is C14H17F2NO2. The zero-order valence-electron chi connectivity index (χ0n) is 10.8. The Bertz CT molecular complexity index is 461. The molecule has 1 atom stereocenters. The number of nitrogens with one attached hydrogen (secondary N) is 1. The number of halogens is 2. The van der Waals surface area contributed by atoms with E-state index in [2.05, 4.69) is 5.32 Å². The van der Waals surface area contributed by atoms with Gasteiger partial charge in [-0.15, -0.1) is 0 Å². The van der Waals surface area contributed by atoms with Gasteiger partial charge in [0.05, 0.1) is 0 Å². The van der Waals surface area contributed by atoms with E-state index in [-0.39, 0.29) is 18.2 Å². The lowest BCUT2D eigenvalue weighted by Crippen LogP contribution is -2.33. The van der Waals surface area contributed by atoms with Gasteiger partial charge in [0, 0.05) is 17.7 Å². The maximum absolute atomic E-state index is 13.3. The number of hydrogen-bond donors (Lipinski definition) is 1. The summed E-state index contributed by atoms with van der Waals surface area (Å²) in [6, 6.07) is 3.23. The Morgan fingerprint density at radius 3 is 2.84 bits per heavy atom. The summed E-state index contributed by atoms with van der Waals surface area (Å²) in [5, 5.41) is 2.69. The lowest BCUT2D eigenvalue weighted by molar-refractivity contribution is 0.134. The van der Waals surface area contributed by atoms with Crippen molar-refractivity contribution in [1.82, 2.24) is 5.32 Å². The quantitative estimate of drug-likeness (QED) is 0.890. The SMILES string of the molecule is CC(CC1CC1)NC(=O)OCc1ccc(F)cc1F. The highest BCUT2D eigenvalue weighted by Crippen LogP contribution is 2.33. The molecule has 1 aliphatic carbocycles. The van der Waals surface area contributed by atoms with E-state index in [1.165, 1.54) is 18.9 Å². The standard InChI is InChI=1S/C14H17F2NO2/c1-9(6-10-2-3-10)17-14(18)19-8-11-4-5-12(15)7-13(11)16/h4-5,7,9-10H,2-3,6,8H2,1H3,(H,17,18). The third-order valence-electron chi connectivity index (χ3n) is 3.12. The summed E-state index contributed by atoms with van der Waals surface area (Å²) in [5.41, 5.74) is 0.159. The van der Waals surface area contributed by atoms with Crippen LogP contribution in [0.3, 0.4) is 0 Å². The Morgan fingerprint density at radius 1 is 1.47 bits per heavy atom. The van der Waals surface area contributed by atoms with E-state index in [1.54, 1.807) is 0 Å². The van der Waals surface area contributed by atoms with Gasteiger partial charge in [0.15, 0.2) is 0 Å². The first-order chi connectivity index (χ1) is 9.04. The van der Waals surface area contributed by atoms with Crippen LogP contribution < -0.4 is 5.32 Å². The summed E-state index contributed by atoms with van der Waals surface area (Å²) >= 11 is 0. The Labute approximate surface area is 111 Å². The molecule has 1 aromatic rings. The van der Waals surface area contributed by atoms with E-state index >= 15 is 0 Å². The number of carbonyl (C=O) groups is 1. The number of rotatable bonds is 5. The van der Waals surface area contributed by atoms with Crippen LogP contribution >= 0.6 is 0 Å². The van der Waals surface area contributed by atoms with E-state index in [4.69, 9.17) is 4.74 Å². The van der Waals surface area contributed by atoms with Crippen LogP contribution in [-0.4, -0.2) is 12.1 Å². The first-order valence-corrected chi connectivity index (χ1v) is 6.42. The second-order valence-corrected chi connectivity index (χ2v) is 5.04. The number of alkyl carbamates (subject to hydrolysis) is 1. The number of carbonyl (C=O) groups excluding carboxylic acids is 1. The summed E-state index contributed by atoms with van der Waals surface area (Å²) in [7, 11) is 0. The lowest BCUT2D eigenvalue weighted by Gasteiger charge is -2.13. The predicted molar refractivity (Wildman–Crippen MR) is 66.5 cm³/mol. The molecule has 0 heterocycles. The molecule has 5 heteroatoms. The van der Waals surface area contributed by atoms with Crippen LogP contribution in [0.25, 0.3) is 0 Å². The molecule has 3 nitrogen and oxygen atoms in total. The van der Waals surface area contributed by atoms with Gasteiger partial charge in [-0.1, -0.05) is 12.8 Å². The molecule has 0 aliphatic heterocycles. The van der Waals surface area contributed by atoms with Crippen molar-refractivity contribution < 1.29 is 18.3 Å². The van der Waals surface area contributed by atoms with Crippen molar-refractivity contribution in [2.24, 2.45) is 5.92 Å². The Morgan fingerprint density at radius 2 is 2.21 bits per heavy atom. The van der Waals surface area contributed by atoms with Crippen LogP contribution in [0.4, 0.5) is 13.6 Å². The monoisotopic (exact) mass is 269 g/mol. The van der Waals surface area contributed by atoms with Crippen molar-refractivity contribution in [2.45, 2.75) is 38.8 Å². The summed E-state index contributed by atoms with van der Waals surface area (Å²) in [6.45, 7) is 1.71. The molecule has 19 heavy (non-hydrogen) atoms. The molecule has 2 rings (SSSR count). The molecule has 1 fully saturated rings. The first-order valence-electron chi connectivity index (χ1n) is 6.42. The summed E-state index contributed by atoms with van der Waals surface area (Å²) < 4.78 is 30.9. The number of benzene rings is 1. The van der Waals surface area contributed by atoms with Crippen molar-refractivity contribution in [3.8, 4) is 0 Å². The molecule has 1 N–H and O–H groups in total. The van der Waals surface area contributed by atoms with Gasteiger partial charge in [-0.2, -0.15) is 0 Å². The smallest absolute Gasteiger partial charge is 0.407 e. The fourth-order valence-corrected chi connectivity index (χ4v) is 1.94. The first kappa shape index (κ1) is 13.8. The zero-order valence-corrected chi connectivity index (χ0v) is 10.8. The van der Waals surface area contributed by atoms with Crippen LogP contribution in [0.15, 0.2) is 18.2 Å². The van der Waals surface area contributed by atoms with Gasteiger partial charge in [0.1, 0.15) is 18.2 Å². The number of amides is 1. The van der Waals surface area contributed by atoms with Crippen molar-refractivity contribution in [1.29, 1.82) is 0 Å². The van der Waals surface area contributed by atoms with Crippen LogP contribution in [0, 0.1) is 17.6 Å². The highest BCUT2D eigenvalue weighted by atomic mass is 19.1. The van der Waals surface area contributed by atoms with Crippen molar-refractivity contribution in [3.63, 3.8) is 0 Å². The highest BCUT2D eigenvalue weighted by Gasteiger charge is 2.24. The Hall–Kier alpha value is -1.65. The van der Waals surface area contributed by atoms with Gasteiger partial charge in [-0.05, 0) is 31.4 Å². The normalized spacial score (nSPS) is 15.9. The maximum Gasteiger partial charge on any atom is 0.407 e. The second kappa shape index (κ2) is 5.99. The molecule has 1 amide bonds. The van der Waals surface area contributed by atoms with Gasteiger partial charge < -0.3 is 10.1 Å². The van der Waals surface area contributed by atoms with Crippen LogP contribution in [0.5, 0.6) is 0 Å². The molecule has 104 valence electrons. The molecule has 0 bridgehead atoms. The van der Waals surface area contributed by atoms with E-state index < -0.39 is 17.7 Å². The molecule has 1 aromatic carbocycles. The summed E-state index contributed by atoms with van der Waals surface area (Å²) in [6.07, 6.45) is 2.82. The van der Waals surface area contributed by atoms with Gasteiger partial charge >= 0.3 is 6.09 Å².